The molecule has 1 saturated heterocycles. The molecule has 1 heterocycles. The average Bonchev–Trinajstić information content (AvgIpc) is 2.39. The maximum Gasteiger partial charge on any atom is 0.00420 e. The van der Waals surface area contributed by atoms with Gasteiger partial charge in [0.15, 0.2) is 0 Å². The zero-order valence-corrected chi connectivity index (χ0v) is 8.06. The van der Waals surface area contributed by atoms with Gasteiger partial charge < -0.3 is 5.32 Å². The van der Waals surface area contributed by atoms with E-state index in [-0.39, 0.29) is 0 Å². The molecule has 1 nitrogen and oxygen atoms in total. The number of hydrogen-bond acceptors (Lipinski definition) is 1. The first-order chi connectivity index (χ1) is 5.27. The summed E-state index contributed by atoms with van der Waals surface area (Å²) < 4.78 is 0. The van der Waals surface area contributed by atoms with Crippen LogP contribution in [0.4, 0.5) is 0 Å². The third kappa shape index (κ3) is 2.19. The van der Waals surface area contributed by atoms with Crippen molar-refractivity contribution < 1.29 is 0 Å². The normalized spacial score (nSPS) is 31.6. The molecule has 1 heteroatoms. The molecule has 0 bridgehead atoms. The van der Waals surface area contributed by atoms with Crippen LogP contribution in [0.15, 0.2) is 0 Å². The van der Waals surface area contributed by atoms with Crippen molar-refractivity contribution in [3.8, 4) is 0 Å². The fourth-order valence-electron chi connectivity index (χ4n) is 2.29. The molecule has 2 atom stereocenters. The van der Waals surface area contributed by atoms with Crippen LogP contribution in [0.1, 0.15) is 40.0 Å². The van der Waals surface area contributed by atoms with Crippen LogP contribution in [0.2, 0.25) is 0 Å². The molecule has 1 aliphatic heterocycles. The van der Waals surface area contributed by atoms with E-state index in [4.69, 9.17) is 0 Å². The van der Waals surface area contributed by atoms with Gasteiger partial charge >= 0.3 is 0 Å². The molecule has 11 heavy (non-hydrogen) atoms. The van der Waals surface area contributed by atoms with Gasteiger partial charge in [-0.05, 0) is 31.7 Å². The number of hydrogen-bond donors (Lipinski definition) is 1. The Morgan fingerprint density at radius 1 is 1.36 bits per heavy atom. The van der Waals surface area contributed by atoms with Crippen molar-refractivity contribution in [2.45, 2.75) is 46.1 Å². The summed E-state index contributed by atoms with van der Waals surface area (Å²) in [6.45, 7) is 8.18. The first-order valence-corrected chi connectivity index (χ1v) is 5.01. The Balaban J connectivity index is 2.34. The highest BCUT2D eigenvalue weighted by Crippen LogP contribution is 2.26. The molecule has 1 fully saturated rings. The Labute approximate surface area is 70.6 Å². The second-order valence-corrected chi connectivity index (χ2v) is 3.88. The van der Waals surface area contributed by atoms with E-state index in [1.165, 1.54) is 25.8 Å². The topological polar surface area (TPSA) is 12.0 Å². The Morgan fingerprint density at radius 2 is 2.00 bits per heavy atom. The van der Waals surface area contributed by atoms with Crippen LogP contribution in [0.25, 0.3) is 0 Å². The second kappa shape index (κ2) is 4.10. The largest absolute Gasteiger partial charge is 0.314 e. The fraction of sp³-hybridized carbons (Fsp3) is 1.00. The predicted molar refractivity (Wildman–Crippen MR) is 49.6 cm³/mol. The third-order valence-corrected chi connectivity index (χ3v) is 3.10. The number of rotatable bonds is 3. The molecule has 0 amide bonds. The summed E-state index contributed by atoms with van der Waals surface area (Å²) in [5.74, 6) is 1.92. The van der Waals surface area contributed by atoms with E-state index in [1.54, 1.807) is 0 Å². The quantitative estimate of drug-likeness (QED) is 0.660. The zero-order valence-electron chi connectivity index (χ0n) is 8.06. The van der Waals surface area contributed by atoms with Gasteiger partial charge in [-0.1, -0.05) is 26.7 Å². The maximum absolute atomic E-state index is 3.52. The Kier molecular flexibility index (Phi) is 3.38. The molecule has 0 radical (unpaired) electrons. The van der Waals surface area contributed by atoms with Crippen molar-refractivity contribution >= 4 is 0 Å². The van der Waals surface area contributed by atoms with Crippen molar-refractivity contribution in [3.63, 3.8) is 0 Å². The Morgan fingerprint density at radius 3 is 2.36 bits per heavy atom. The SMILES string of the molecule is CCC(CC)C1CNC(C)C1. The van der Waals surface area contributed by atoms with Crippen molar-refractivity contribution in [1.29, 1.82) is 0 Å². The minimum Gasteiger partial charge on any atom is -0.314 e. The molecule has 1 N–H and O–H groups in total. The predicted octanol–water partition coefficient (Wildman–Crippen LogP) is 2.42. The first-order valence-electron chi connectivity index (χ1n) is 5.01. The minimum atomic E-state index is 0.764. The maximum atomic E-state index is 3.52. The molecule has 1 rings (SSSR count). The summed E-state index contributed by atoms with van der Waals surface area (Å²) in [6, 6.07) is 0.764. The highest BCUT2D eigenvalue weighted by molar-refractivity contribution is 4.82. The van der Waals surface area contributed by atoms with Crippen LogP contribution in [-0.2, 0) is 0 Å². The van der Waals surface area contributed by atoms with Crippen molar-refractivity contribution in [2.24, 2.45) is 11.8 Å². The average molecular weight is 155 g/mol. The van der Waals surface area contributed by atoms with Gasteiger partial charge in [0.2, 0.25) is 0 Å². The molecule has 0 saturated carbocycles. The van der Waals surface area contributed by atoms with Crippen molar-refractivity contribution in [1.82, 2.24) is 5.32 Å². The lowest BCUT2D eigenvalue weighted by atomic mass is 9.86. The fourth-order valence-corrected chi connectivity index (χ4v) is 2.29. The van der Waals surface area contributed by atoms with E-state index in [0.29, 0.717) is 0 Å². The molecule has 2 unspecified atom stereocenters. The van der Waals surface area contributed by atoms with Gasteiger partial charge in [0.05, 0.1) is 0 Å². The van der Waals surface area contributed by atoms with Gasteiger partial charge in [-0.25, -0.2) is 0 Å². The van der Waals surface area contributed by atoms with Crippen LogP contribution in [0, 0.1) is 11.8 Å². The molecule has 0 aromatic carbocycles. The summed E-state index contributed by atoms with van der Waals surface area (Å²) >= 11 is 0. The van der Waals surface area contributed by atoms with Gasteiger partial charge in [-0.3, -0.25) is 0 Å². The summed E-state index contributed by atoms with van der Waals surface area (Å²) in [4.78, 5) is 0. The summed E-state index contributed by atoms with van der Waals surface area (Å²) in [5.41, 5.74) is 0. The summed E-state index contributed by atoms with van der Waals surface area (Å²) in [5, 5.41) is 3.52. The van der Waals surface area contributed by atoms with Gasteiger partial charge in [-0.15, -0.1) is 0 Å². The van der Waals surface area contributed by atoms with E-state index in [0.717, 1.165) is 17.9 Å². The molecular weight excluding hydrogens is 134 g/mol. The van der Waals surface area contributed by atoms with Gasteiger partial charge in [-0.2, -0.15) is 0 Å². The van der Waals surface area contributed by atoms with E-state index in [2.05, 4.69) is 26.1 Å². The van der Waals surface area contributed by atoms with Crippen LogP contribution in [0.3, 0.4) is 0 Å². The second-order valence-electron chi connectivity index (χ2n) is 3.88. The lowest BCUT2D eigenvalue weighted by molar-refractivity contribution is 0.332. The van der Waals surface area contributed by atoms with E-state index >= 15 is 0 Å². The molecule has 0 spiro atoms. The highest BCUT2D eigenvalue weighted by atomic mass is 14.9. The monoisotopic (exact) mass is 155 g/mol. The molecular formula is C10H21N. The lowest BCUT2D eigenvalue weighted by Crippen LogP contribution is -2.18. The van der Waals surface area contributed by atoms with Crippen LogP contribution in [0.5, 0.6) is 0 Å². The van der Waals surface area contributed by atoms with Gasteiger partial charge in [0.25, 0.3) is 0 Å². The molecule has 0 aromatic heterocycles. The zero-order chi connectivity index (χ0) is 8.27. The van der Waals surface area contributed by atoms with E-state index in [9.17, 15) is 0 Å². The van der Waals surface area contributed by atoms with Gasteiger partial charge in [0, 0.05) is 6.04 Å². The molecule has 0 aliphatic carbocycles. The van der Waals surface area contributed by atoms with Gasteiger partial charge in [0.1, 0.15) is 0 Å². The van der Waals surface area contributed by atoms with E-state index in [1.807, 2.05) is 0 Å². The molecule has 0 aromatic rings. The summed E-state index contributed by atoms with van der Waals surface area (Å²) in [6.07, 6.45) is 4.11. The van der Waals surface area contributed by atoms with Crippen molar-refractivity contribution in [2.75, 3.05) is 6.54 Å². The minimum absolute atomic E-state index is 0.764. The van der Waals surface area contributed by atoms with Crippen LogP contribution < -0.4 is 5.32 Å². The highest BCUT2D eigenvalue weighted by Gasteiger charge is 2.25. The lowest BCUT2D eigenvalue weighted by Gasteiger charge is -2.19. The summed E-state index contributed by atoms with van der Waals surface area (Å²) in [7, 11) is 0. The first kappa shape index (κ1) is 9.05. The van der Waals surface area contributed by atoms with Crippen LogP contribution in [-0.4, -0.2) is 12.6 Å². The van der Waals surface area contributed by atoms with E-state index < -0.39 is 0 Å². The smallest absolute Gasteiger partial charge is 0.00420 e. The Bertz CT molecular complexity index is 107. The van der Waals surface area contributed by atoms with Crippen molar-refractivity contribution in [3.05, 3.63) is 0 Å². The Hall–Kier alpha value is -0.0400. The third-order valence-electron chi connectivity index (χ3n) is 3.10. The van der Waals surface area contributed by atoms with Crippen LogP contribution >= 0.6 is 0 Å². The molecule has 66 valence electrons. The number of nitrogens with one attached hydrogen (secondary N) is 1. The standard InChI is InChI=1S/C10H21N/c1-4-9(5-2)10-6-8(3)11-7-10/h8-11H,4-7H2,1-3H3. The molecule has 1 aliphatic rings.